The number of aromatic nitrogens is 3. The molecule has 4 rings (SSSR count). The van der Waals surface area contributed by atoms with E-state index < -0.39 is 18.1 Å². The Morgan fingerprint density at radius 1 is 1.10 bits per heavy atom. The number of rotatable bonds is 5. The molecule has 158 valence electrons. The normalized spacial score (nSPS) is 11.3. The summed E-state index contributed by atoms with van der Waals surface area (Å²) < 4.78 is 42.9. The van der Waals surface area contributed by atoms with E-state index in [9.17, 15) is 18.0 Å². The van der Waals surface area contributed by atoms with Crippen molar-refractivity contribution >= 4 is 22.6 Å². The van der Waals surface area contributed by atoms with Crippen LogP contribution in [-0.4, -0.2) is 20.7 Å². The molecule has 0 saturated carbocycles. The van der Waals surface area contributed by atoms with Crippen LogP contribution in [0.3, 0.4) is 0 Å². The van der Waals surface area contributed by atoms with Crippen molar-refractivity contribution in [2.75, 3.05) is 5.32 Å². The lowest BCUT2D eigenvalue weighted by Gasteiger charge is -2.10. The molecule has 0 unspecified atom stereocenters. The fraction of sp³-hybridized carbons (Fsp3) is 0.174. The first-order chi connectivity index (χ1) is 14.8. The Kier molecular flexibility index (Phi) is 5.46. The number of carbonyl (C=O) groups excluding carboxylic acids is 1. The minimum absolute atomic E-state index is 0.0457. The maximum absolute atomic E-state index is 14.0. The molecule has 0 spiro atoms. The van der Waals surface area contributed by atoms with Gasteiger partial charge in [0.05, 0.1) is 22.5 Å². The molecule has 4 aromatic rings. The van der Waals surface area contributed by atoms with E-state index in [1.165, 1.54) is 22.9 Å². The Morgan fingerprint density at radius 3 is 2.55 bits per heavy atom. The second kappa shape index (κ2) is 8.22. The average molecular weight is 424 g/mol. The third-order valence-electron chi connectivity index (χ3n) is 4.90. The summed E-state index contributed by atoms with van der Waals surface area (Å²) >= 11 is 0. The summed E-state index contributed by atoms with van der Waals surface area (Å²) in [6.45, 7) is 3.07. The zero-order valence-electron chi connectivity index (χ0n) is 16.9. The molecule has 0 aliphatic heterocycles. The lowest BCUT2D eigenvalue weighted by atomic mass is 10.1. The van der Waals surface area contributed by atoms with Crippen molar-refractivity contribution in [3.8, 4) is 11.3 Å². The van der Waals surface area contributed by atoms with Gasteiger partial charge in [-0.2, -0.15) is 5.10 Å². The van der Waals surface area contributed by atoms with Gasteiger partial charge in [-0.15, -0.1) is 0 Å². The number of anilines is 1. The van der Waals surface area contributed by atoms with Crippen LogP contribution < -0.4 is 5.32 Å². The number of carbonyl (C=O) groups is 1. The molecular weight excluding hydrogens is 405 g/mol. The van der Waals surface area contributed by atoms with Crippen molar-refractivity contribution in [1.82, 2.24) is 14.8 Å². The third kappa shape index (κ3) is 4.14. The lowest BCUT2D eigenvalue weighted by Crippen LogP contribution is -2.20. The fourth-order valence-corrected chi connectivity index (χ4v) is 3.49. The van der Waals surface area contributed by atoms with Crippen molar-refractivity contribution in [2.24, 2.45) is 0 Å². The van der Waals surface area contributed by atoms with Gasteiger partial charge in [-0.1, -0.05) is 36.4 Å². The number of benzene rings is 2. The minimum atomic E-state index is -2.74. The standard InChI is InChI=1S/C23H19F3N4O/c1-13-8-9-17(24)19(10-13)27-20(31)12-30-23-21(14(2)29-30)16(22(25)26)11-18(28-23)15-6-4-3-5-7-15/h3-11,22H,12H2,1-2H3,(H,27,31). The van der Waals surface area contributed by atoms with Crippen LogP contribution in [-0.2, 0) is 11.3 Å². The van der Waals surface area contributed by atoms with E-state index >= 15 is 0 Å². The Morgan fingerprint density at radius 2 is 1.84 bits per heavy atom. The molecule has 8 heteroatoms. The minimum Gasteiger partial charge on any atom is -0.322 e. The largest absolute Gasteiger partial charge is 0.322 e. The summed E-state index contributed by atoms with van der Waals surface area (Å²) in [4.78, 5) is 17.1. The number of fused-ring (bicyclic) bond motifs is 1. The van der Waals surface area contributed by atoms with Gasteiger partial charge in [0.25, 0.3) is 6.43 Å². The second-order valence-corrected chi connectivity index (χ2v) is 7.24. The molecule has 0 aliphatic carbocycles. The zero-order chi connectivity index (χ0) is 22.1. The molecule has 5 nitrogen and oxygen atoms in total. The first-order valence-corrected chi connectivity index (χ1v) is 9.61. The van der Waals surface area contributed by atoms with E-state index in [1.54, 1.807) is 44.2 Å². The van der Waals surface area contributed by atoms with Gasteiger partial charge < -0.3 is 5.32 Å². The number of nitrogens with zero attached hydrogens (tertiary/aromatic N) is 3. The molecule has 2 heterocycles. The Balaban J connectivity index is 1.75. The molecule has 0 aliphatic rings. The van der Waals surface area contributed by atoms with Crippen LogP contribution in [0.4, 0.5) is 18.9 Å². The highest BCUT2D eigenvalue weighted by molar-refractivity contribution is 5.92. The van der Waals surface area contributed by atoms with Gasteiger partial charge in [0, 0.05) is 11.1 Å². The number of amides is 1. The maximum atomic E-state index is 14.0. The Hall–Kier alpha value is -3.68. The highest BCUT2D eigenvalue weighted by Crippen LogP contribution is 2.33. The summed E-state index contributed by atoms with van der Waals surface area (Å²) in [6, 6.07) is 14.7. The van der Waals surface area contributed by atoms with Crippen LogP contribution in [0.2, 0.25) is 0 Å². The molecule has 0 saturated heterocycles. The van der Waals surface area contributed by atoms with Gasteiger partial charge in [0.15, 0.2) is 5.65 Å². The summed E-state index contributed by atoms with van der Waals surface area (Å²) in [7, 11) is 0. The van der Waals surface area contributed by atoms with Crippen LogP contribution in [0.1, 0.15) is 23.2 Å². The number of hydrogen-bond acceptors (Lipinski definition) is 3. The molecule has 2 aromatic carbocycles. The van der Waals surface area contributed by atoms with Crippen molar-refractivity contribution in [3.63, 3.8) is 0 Å². The predicted molar refractivity (Wildman–Crippen MR) is 112 cm³/mol. The van der Waals surface area contributed by atoms with Gasteiger partial charge in [-0.3, -0.25) is 4.79 Å². The van der Waals surface area contributed by atoms with Crippen molar-refractivity contribution < 1.29 is 18.0 Å². The molecule has 0 fully saturated rings. The highest BCUT2D eigenvalue weighted by Gasteiger charge is 2.22. The van der Waals surface area contributed by atoms with Crippen LogP contribution in [0.5, 0.6) is 0 Å². The summed E-state index contributed by atoms with van der Waals surface area (Å²) in [5, 5.41) is 6.97. The van der Waals surface area contributed by atoms with E-state index in [1.807, 2.05) is 6.07 Å². The lowest BCUT2D eigenvalue weighted by molar-refractivity contribution is -0.116. The smallest absolute Gasteiger partial charge is 0.264 e. The summed E-state index contributed by atoms with van der Waals surface area (Å²) in [5.74, 6) is -1.11. The first-order valence-electron chi connectivity index (χ1n) is 9.61. The van der Waals surface area contributed by atoms with Crippen LogP contribution in [0.25, 0.3) is 22.3 Å². The summed E-state index contributed by atoms with van der Waals surface area (Å²) in [6.07, 6.45) is -2.74. The number of alkyl halides is 2. The fourth-order valence-electron chi connectivity index (χ4n) is 3.49. The van der Waals surface area contributed by atoms with Crippen molar-refractivity contribution in [1.29, 1.82) is 0 Å². The SMILES string of the molecule is Cc1ccc(F)c(NC(=O)Cn2nc(C)c3c(C(F)F)cc(-c4ccccc4)nc32)c1. The van der Waals surface area contributed by atoms with Gasteiger partial charge in [0.1, 0.15) is 12.4 Å². The molecular formula is C23H19F3N4O. The third-order valence-corrected chi connectivity index (χ3v) is 4.90. The zero-order valence-corrected chi connectivity index (χ0v) is 16.9. The van der Waals surface area contributed by atoms with E-state index in [2.05, 4.69) is 15.4 Å². The molecule has 2 aromatic heterocycles. The molecule has 1 amide bonds. The maximum Gasteiger partial charge on any atom is 0.264 e. The predicted octanol–water partition coefficient (Wildman–Crippen LogP) is 5.43. The second-order valence-electron chi connectivity index (χ2n) is 7.24. The van der Waals surface area contributed by atoms with Gasteiger partial charge in [-0.25, -0.2) is 22.8 Å². The number of aryl methyl sites for hydroxylation is 2. The topological polar surface area (TPSA) is 59.8 Å². The van der Waals surface area contributed by atoms with Gasteiger partial charge in [-0.05, 0) is 37.6 Å². The van der Waals surface area contributed by atoms with Crippen LogP contribution in [0.15, 0.2) is 54.6 Å². The molecule has 0 radical (unpaired) electrons. The molecule has 0 bridgehead atoms. The molecule has 31 heavy (non-hydrogen) atoms. The average Bonchev–Trinajstić information content (AvgIpc) is 3.05. The molecule has 1 N–H and O–H groups in total. The number of pyridine rings is 1. The van der Waals surface area contributed by atoms with E-state index in [0.29, 0.717) is 17.0 Å². The Bertz CT molecular complexity index is 1270. The van der Waals surface area contributed by atoms with Gasteiger partial charge >= 0.3 is 0 Å². The van der Waals surface area contributed by atoms with E-state index in [-0.39, 0.29) is 28.8 Å². The quantitative estimate of drug-likeness (QED) is 0.465. The van der Waals surface area contributed by atoms with Gasteiger partial charge in [0.2, 0.25) is 5.91 Å². The van der Waals surface area contributed by atoms with Crippen LogP contribution >= 0.6 is 0 Å². The van der Waals surface area contributed by atoms with E-state index in [0.717, 1.165) is 5.56 Å². The molecule has 0 atom stereocenters. The number of nitrogens with one attached hydrogen (secondary N) is 1. The number of hydrogen-bond donors (Lipinski definition) is 1. The van der Waals surface area contributed by atoms with Crippen molar-refractivity contribution in [3.05, 3.63) is 77.2 Å². The summed E-state index contributed by atoms with van der Waals surface area (Å²) in [5.41, 5.74) is 2.17. The monoisotopic (exact) mass is 424 g/mol. The van der Waals surface area contributed by atoms with Crippen LogP contribution in [0, 0.1) is 19.7 Å². The Labute approximate surface area is 176 Å². The highest BCUT2D eigenvalue weighted by atomic mass is 19.3. The first kappa shape index (κ1) is 20.6. The van der Waals surface area contributed by atoms with Crippen molar-refractivity contribution in [2.45, 2.75) is 26.8 Å². The van der Waals surface area contributed by atoms with E-state index in [4.69, 9.17) is 0 Å². The number of halogens is 3.